The van der Waals surface area contributed by atoms with Crippen LogP contribution >= 0.6 is 15.9 Å². The standard InChI is InChI=1S/C28H24BrNO4/c1-16-14-17(2)26-22(15-16)25(31)23-24(19-6-8-20(29)9-7-19)30(28(32)27(23)34-26)13-12-18-4-10-21(33-3)11-5-18/h4-11,14-15,24H,12-13H2,1-3H3. The van der Waals surface area contributed by atoms with Gasteiger partial charge in [-0.1, -0.05) is 46.3 Å². The number of benzene rings is 3. The van der Waals surface area contributed by atoms with E-state index in [9.17, 15) is 9.59 Å². The molecule has 1 aliphatic rings. The van der Waals surface area contributed by atoms with E-state index in [0.29, 0.717) is 29.5 Å². The second-order valence-electron chi connectivity index (χ2n) is 8.68. The molecule has 0 spiro atoms. The Labute approximate surface area is 206 Å². The van der Waals surface area contributed by atoms with Crippen LogP contribution in [-0.4, -0.2) is 24.5 Å². The molecule has 5 rings (SSSR count). The van der Waals surface area contributed by atoms with Gasteiger partial charge in [0.05, 0.1) is 24.1 Å². The number of rotatable bonds is 5. The van der Waals surface area contributed by atoms with Crippen LogP contribution in [0.3, 0.4) is 0 Å². The molecule has 34 heavy (non-hydrogen) atoms. The number of aryl methyl sites for hydroxylation is 2. The Bertz CT molecular complexity index is 1460. The summed E-state index contributed by atoms with van der Waals surface area (Å²) in [5, 5.41) is 0.517. The minimum absolute atomic E-state index is 0.142. The average molecular weight is 518 g/mol. The van der Waals surface area contributed by atoms with Crippen LogP contribution in [0.1, 0.15) is 44.4 Å². The first-order chi connectivity index (χ1) is 16.4. The van der Waals surface area contributed by atoms with Crippen molar-refractivity contribution in [3.05, 3.63) is 109 Å². The third kappa shape index (κ3) is 3.82. The molecule has 0 fully saturated rings. The number of amides is 1. The molecular weight excluding hydrogens is 494 g/mol. The molecule has 2 heterocycles. The summed E-state index contributed by atoms with van der Waals surface area (Å²) >= 11 is 3.48. The van der Waals surface area contributed by atoms with Crippen LogP contribution in [0.5, 0.6) is 5.75 Å². The molecule has 1 atom stereocenters. The zero-order valence-electron chi connectivity index (χ0n) is 19.2. The molecule has 4 aromatic rings. The number of halogens is 1. The normalized spacial score (nSPS) is 15.1. The predicted molar refractivity (Wildman–Crippen MR) is 136 cm³/mol. The fourth-order valence-electron chi connectivity index (χ4n) is 4.74. The van der Waals surface area contributed by atoms with Gasteiger partial charge in [-0.05, 0) is 72.9 Å². The minimum atomic E-state index is -0.504. The lowest BCUT2D eigenvalue weighted by atomic mass is 9.97. The Hall–Kier alpha value is -3.38. The molecule has 5 nitrogen and oxygen atoms in total. The summed E-state index contributed by atoms with van der Waals surface area (Å²) in [6, 6.07) is 18.8. The van der Waals surface area contributed by atoms with Crippen LogP contribution in [0.25, 0.3) is 11.0 Å². The summed E-state index contributed by atoms with van der Waals surface area (Å²) in [5.74, 6) is 0.677. The number of carbonyl (C=O) groups is 1. The Morgan fingerprint density at radius 2 is 1.71 bits per heavy atom. The maximum atomic E-state index is 13.7. The average Bonchev–Trinajstić information content (AvgIpc) is 3.11. The van der Waals surface area contributed by atoms with Gasteiger partial charge >= 0.3 is 0 Å². The molecule has 0 bridgehead atoms. The van der Waals surface area contributed by atoms with E-state index in [1.165, 1.54) is 0 Å². The van der Waals surface area contributed by atoms with Crippen molar-refractivity contribution in [1.82, 2.24) is 4.90 Å². The van der Waals surface area contributed by atoms with Gasteiger partial charge in [-0.25, -0.2) is 0 Å². The fourth-order valence-corrected chi connectivity index (χ4v) is 5.00. The maximum Gasteiger partial charge on any atom is 0.290 e. The van der Waals surface area contributed by atoms with E-state index in [-0.39, 0.29) is 17.1 Å². The van der Waals surface area contributed by atoms with Crippen molar-refractivity contribution in [2.75, 3.05) is 13.7 Å². The van der Waals surface area contributed by atoms with E-state index in [2.05, 4.69) is 15.9 Å². The van der Waals surface area contributed by atoms with Gasteiger partial charge in [-0.15, -0.1) is 0 Å². The predicted octanol–water partition coefficient (Wildman–Crippen LogP) is 5.97. The molecule has 0 radical (unpaired) electrons. The van der Waals surface area contributed by atoms with Crippen molar-refractivity contribution in [2.24, 2.45) is 0 Å². The summed E-state index contributed by atoms with van der Waals surface area (Å²) in [6.45, 7) is 4.30. The molecule has 3 aromatic carbocycles. The first-order valence-electron chi connectivity index (χ1n) is 11.1. The van der Waals surface area contributed by atoms with Crippen molar-refractivity contribution < 1.29 is 13.9 Å². The number of carbonyl (C=O) groups excluding carboxylic acids is 1. The summed E-state index contributed by atoms with van der Waals surface area (Å²) in [7, 11) is 1.63. The number of methoxy groups -OCH3 is 1. The van der Waals surface area contributed by atoms with Crippen molar-refractivity contribution in [3.63, 3.8) is 0 Å². The molecule has 1 amide bonds. The summed E-state index contributed by atoms with van der Waals surface area (Å²) < 4.78 is 12.3. The Morgan fingerprint density at radius 3 is 2.38 bits per heavy atom. The highest BCUT2D eigenvalue weighted by Crippen LogP contribution is 2.39. The van der Waals surface area contributed by atoms with E-state index >= 15 is 0 Å². The number of nitrogens with zero attached hydrogens (tertiary/aromatic N) is 1. The Kier molecular flexibility index (Phi) is 5.78. The second kappa shape index (κ2) is 8.76. The summed E-state index contributed by atoms with van der Waals surface area (Å²) in [5.41, 5.74) is 4.54. The molecule has 0 aliphatic carbocycles. The van der Waals surface area contributed by atoms with Crippen LogP contribution in [0, 0.1) is 13.8 Å². The molecule has 0 saturated carbocycles. The molecule has 172 valence electrons. The molecule has 6 heteroatoms. The maximum absolute atomic E-state index is 13.7. The third-order valence-electron chi connectivity index (χ3n) is 6.38. The summed E-state index contributed by atoms with van der Waals surface area (Å²) in [4.78, 5) is 29.1. The van der Waals surface area contributed by atoms with Crippen molar-refractivity contribution in [3.8, 4) is 5.75 Å². The van der Waals surface area contributed by atoms with Crippen LogP contribution in [0.4, 0.5) is 0 Å². The molecule has 1 unspecified atom stereocenters. The van der Waals surface area contributed by atoms with Gasteiger partial charge in [0, 0.05) is 11.0 Å². The first-order valence-corrected chi connectivity index (χ1v) is 11.9. The SMILES string of the molecule is COc1ccc(CCN2C(=O)c3oc4c(C)cc(C)cc4c(=O)c3C2c2ccc(Br)cc2)cc1. The molecular formula is C28H24BrNO4. The largest absolute Gasteiger partial charge is 0.497 e. The third-order valence-corrected chi connectivity index (χ3v) is 6.91. The van der Waals surface area contributed by atoms with Gasteiger partial charge in [-0.3, -0.25) is 9.59 Å². The van der Waals surface area contributed by atoms with E-state index < -0.39 is 6.04 Å². The highest BCUT2D eigenvalue weighted by Gasteiger charge is 2.42. The second-order valence-corrected chi connectivity index (χ2v) is 9.60. The van der Waals surface area contributed by atoms with Crippen LogP contribution in [0.2, 0.25) is 0 Å². The zero-order valence-corrected chi connectivity index (χ0v) is 20.8. The van der Waals surface area contributed by atoms with Gasteiger partial charge < -0.3 is 14.1 Å². The molecule has 0 N–H and O–H groups in total. The van der Waals surface area contributed by atoms with Gasteiger partial charge in [0.2, 0.25) is 5.76 Å². The molecule has 1 aromatic heterocycles. The minimum Gasteiger partial charge on any atom is -0.497 e. The van der Waals surface area contributed by atoms with E-state index in [1.54, 1.807) is 12.0 Å². The lowest BCUT2D eigenvalue weighted by molar-refractivity contribution is 0.0730. The van der Waals surface area contributed by atoms with Gasteiger partial charge in [0.1, 0.15) is 11.3 Å². The topological polar surface area (TPSA) is 59.8 Å². The molecule has 1 aliphatic heterocycles. The van der Waals surface area contributed by atoms with Crippen molar-refractivity contribution in [1.29, 1.82) is 0 Å². The number of ether oxygens (including phenoxy) is 1. The summed E-state index contributed by atoms with van der Waals surface area (Å²) in [6.07, 6.45) is 0.641. The smallest absolute Gasteiger partial charge is 0.290 e. The van der Waals surface area contributed by atoms with E-state index in [0.717, 1.165) is 32.5 Å². The molecule has 0 saturated heterocycles. The van der Waals surface area contributed by atoms with Crippen LogP contribution in [-0.2, 0) is 6.42 Å². The Balaban J connectivity index is 1.62. The Morgan fingerprint density at radius 1 is 1.00 bits per heavy atom. The lowest BCUT2D eigenvalue weighted by Gasteiger charge is -2.25. The monoisotopic (exact) mass is 517 g/mol. The highest BCUT2D eigenvalue weighted by atomic mass is 79.9. The van der Waals surface area contributed by atoms with E-state index in [1.807, 2.05) is 74.5 Å². The van der Waals surface area contributed by atoms with Gasteiger partial charge in [0.15, 0.2) is 5.43 Å². The van der Waals surface area contributed by atoms with E-state index in [4.69, 9.17) is 9.15 Å². The zero-order chi connectivity index (χ0) is 24.0. The first kappa shape index (κ1) is 22.4. The number of hydrogen-bond acceptors (Lipinski definition) is 4. The van der Waals surface area contributed by atoms with Gasteiger partial charge in [-0.2, -0.15) is 0 Å². The fraction of sp³-hybridized carbons (Fsp3) is 0.214. The quantitative estimate of drug-likeness (QED) is 0.327. The van der Waals surface area contributed by atoms with Crippen LogP contribution < -0.4 is 10.2 Å². The highest BCUT2D eigenvalue weighted by molar-refractivity contribution is 9.10. The van der Waals surface area contributed by atoms with Crippen molar-refractivity contribution in [2.45, 2.75) is 26.3 Å². The van der Waals surface area contributed by atoms with Gasteiger partial charge in [0.25, 0.3) is 5.91 Å². The van der Waals surface area contributed by atoms with Crippen molar-refractivity contribution >= 4 is 32.8 Å². The number of fused-ring (bicyclic) bond motifs is 2. The van der Waals surface area contributed by atoms with Crippen LogP contribution in [0.15, 0.2) is 74.3 Å². The lowest BCUT2D eigenvalue weighted by Crippen LogP contribution is -2.31. The number of hydrogen-bond donors (Lipinski definition) is 0.